The quantitative estimate of drug-likeness (QED) is 0.671. The van der Waals surface area contributed by atoms with E-state index in [4.69, 9.17) is 4.74 Å². The number of ether oxygens (including phenoxy) is 1. The van der Waals surface area contributed by atoms with E-state index in [0.29, 0.717) is 0 Å². The summed E-state index contributed by atoms with van der Waals surface area (Å²) < 4.78 is 6.14. The van der Waals surface area contributed by atoms with Crippen molar-refractivity contribution in [2.75, 3.05) is 6.61 Å². The fourth-order valence-electron chi connectivity index (χ4n) is 4.16. The Morgan fingerprint density at radius 2 is 1.52 bits per heavy atom. The van der Waals surface area contributed by atoms with Crippen LogP contribution in [0.1, 0.15) is 62.3 Å². The molecule has 0 spiro atoms. The van der Waals surface area contributed by atoms with Gasteiger partial charge in [-0.25, -0.2) is 0 Å². The Hall–Kier alpha value is -0.960. The molecule has 0 radical (unpaired) electrons. The monoisotopic (exact) mass is 320 g/mol. The molecule has 3 nitrogen and oxygen atoms in total. The van der Waals surface area contributed by atoms with Gasteiger partial charge in [0, 0.05) is 5.92 Å². The van der Waals surface area contributed by atoms with Gasteiger partial charge in [0.05, 0.1) is 5.92 Å². The molecule has 0 bridgehead atoms. The number of carbonyl (C=O) groups is 2. The van der Waals surface area contributed by atoms with Crippen LogP contribution in [0.15, 0.2) is 11.6 Å². The number of carbonyl (C=O) groups excluding carboxylic acids is 2. The number of Topliss-reactive ketones (excluding diaryl/α,β-unsaturated/α-hetero) is 2. The van der Waals surface area contributed by atoms with E-state index in [9.17, 15) is 9.59 Å². The lowest BCUT2D eigenvalue weighted by Crippen LogP contribution is -2.58. The van der Waals surface area contributed by atoms with Gasteiger partial charge in [-0.15, -0.1) is 0 Å². The van der Waals surface area contributed by atoms with Crippen molar-refractivity contribution < 1.29 is 14.3 Å². The summed E-state index contributed by atoms with van der Waals surface area (Å²) in [4.78, 5) is 26.0. The molecule has 1 aliphatic heterocycles. The summed E-state index contributed by atoms with van der Waals surface area (Å²) in [5.41, 5.74) is -0.702. The van der Waals surface area contributed by atoms with Crippen molar-refractivity contribution in [3.8, 4) is 0 Å². The lowest BCUT2D eigenvalue weighted by atomic mass is 9.53. The molecule has 3 heteroatoms. The van der Waals surface area contributed by atoms with Crippen LogP contribution in [0.2, 0.25) is 0 Å². The van der Waals surface area contributed by atoms with Crippen molar-refractivity contribution in [3.05, 3.63) is 11.6 Å². The highest BCUT2D eigenvalue weighted by atomic mass is 16.5. The van der Waals surface area contributed by atoms with Crippen molar-refractivity contribution in [3.63, 3.8) is 0 Å². The van der Waals surface area contributed by atoms with Crippen molar-refractivity contribution >= 4 is 11.6 Å². The Labute approximate surface area is 140 Å². The zero-order valence-corrected chi connectivity index (χ0v) is 16.2. The highest BCUT2D eigenvalue weighted by Crippen LogP contribution is 2.56. The fourth-order valence-corrected chi connectivity index (χ4v) is 4.16. The molecule has 0 aromatic carbocycles. The Bertz CT molecular complexity index is 563. The number of allylic oxidation sites excluding steroid dienone is 1. The first-order valence-electron chi connectivity index (χ1n) is 8.57. The van der Waals surface area contributed by atoms with Crippen LogP contribution >= 0.6 is 0 Å². The second-order valence-corrected chi connectivity index (χ2v) is 10.3. The van der Waals surface area contributed by atoms with E-state index in [1.807, 2.05) is 6.08 Å². The minimum absolute atomic E-state index is 0.0670. The average Bonchev–Trinajstić information content (AvgIpc) is 2.64. The Morgan fingerprint density at radius 1 is 1.00 bits per heavy atom. The van der Waals surface area contributed by atoms with Gasteiger partial charge in [0.25, 0.3) is 0 Å². The molecule has 0 aromatic rings. The van der Waals surface area contributed by atoms with Gasteiger partial charge in [0.1, 0.15) is 12.2 Å². The number of rotatable bonds is 0. The molecule has 2 aliphatic rings. The third-order valence-electron chi connectivity index (χ3n) is 5.42. The van der Waals surface area contributed by atoms with E-state index in [1.54, 1.807) is 0 Å². The number of fused-ring (bicyclic) bond motifs is 1. The van der Waals surface area contributed by atoms with E-state index in [-0.39, 0.29) is 46.3 Å². The van der Waals surface area contributed by atoms with Gasteiger partial charge in [0.2, 0.25) is 0 Å². The van der Waals surface area contributed by atoms with Crippen LogP contribution in [0.25, 0.3) is 0 Å². The first kappa shape index (κ1) is 18.4. The Balaban J connectivity index is 2.80. The minimum Gasteiger partial charge on any atom is -0.362 e. The second-order valence-electron chi connectivity index (χ2n) is 10.3. The minimum atomic E-state index is -0.696. The molecule has 1 fully saturated rings. The Kier molecular flexibility index (Phi) is 4.01. The third kappa shape index (κ3) is 2.71. The normalized spacial score (nSPS) is 32.8. The average molecular weight is 320 g/mol. The van der Waals surface area contributed by atoms with Crippen LogP contribution in [0.4, 0.5) is 0 Å². The second kappa shape index (κ2) is 5.02. The molecule has 130 valence electrons. The summed E-state index contributed by atoms with van der Waals surface area (Å²) in [6.45, 7) is 18.8. The molecule has 0 amide bonds. The standard InChI is InChI=1S/C20H32O3/c1-17(2,3)12-10-20(19(7,8)9)14(13(21)11-23-20)15(16(12)22)18(4,5)6/h10,14-15H,11H2,1-9H3/t14-,15-,20+/m0/s1. The summed E-state index contributed by atoms with van der Waals surface area (Å²) in [5, 5.41) is 0. The van der Waals surface area contributed by atoms with Crippen LogP contribution in [0, 0.1) is 28.1 Å². The number of hydrogen-bond donors (Lipinski definition) is 0. The maximum Gasteiger partial charge on any atom is 0.165 e. The molecule has 1 aliphatic carbocycles. The van der Waals surface area contributed by atoms with E-state index >= 15 is 0 Å². The summed E-state index contributed by atoms with van der Waals surface area (Å²) in [6, 6.07) is 0. The molecule has 2 rings (SSSR count). The van der Waals surface area contributed by atoms with Crippen LogP contribution in [-0.2, 0) is 14.3 Å². The van der Waals surface area contributed by atoms with Crippen LogP contribution < -0.4 is 0 Å². The van der Waals surface area contributed by atoms with Gasteiger partial charge in [-0.2, -0.15) is 0 Å². The van der Waals surface area contributed by atoms with Crippen molar-refractivity contribution in [2.45, 2.75) is 67.9 Å². The van der Waals surface area contributed by atoms with Crippen molar-refractivity contribution in [1.82, 2.24) is 0 Å². The maximum atomic E-state index is 13.3. The molecule has 3 atom stereocenters. The number of ketones is 2. The molecule has 0 N–H and O–H groups in total. The largest absolute Gasteiger partial charge is 0.362 e. The maximum absolute atomic E-state index is 13.3. The number of hydrogen-bond acceptors (Lipinski definition) is 3. The SMILES string of the molecule is CC(C)(C)C1=C[C@@]2(C(C)(C)C)OCC(=O)[C@H]2[C@H](C(C)(C)C)C1=O. The summed E-state index contributed by atoms with van der Waals surface area (Å²) in [7, 11) is 0. The summed E-state index contributed by atoms with van der Waals surface area (Å²) >= 11 is 0. The first-order valence-corrected chi connectivity index (χ1v) is 8.57. The van der Waals surface area contributed by atoms with E-state index in [0.717, 1.165) is 5.57 Å². The van der Waals surface area contributed by atoms with Crippen LogP contribution in [0.3, 0.4) is 0 Å². The molecular weight excluding hydrogens is 288 g/mol. The molecular formula is C20H32O3. The van der Waals surface area contributed by atoms with E-state index in [1.165, 1.54) is 0 Å². The molecule has 1 saturated heterocycles. The molecule has 1 heterocycles. The van der Waals surface area contributed by atoms with Crippen LogP contribution in [0.5, 0.6) is 0 Å². The topological polar surface area (TPSA) is 43.4 Å². The van der Waals surface area contributed by atoms with Gasteiger partial charge < -0.3 is 4.74 Å². The predicted molar refractivity (Wildman–Crippen MR) is 92.1 cm³/mol. The van der Waals surface area contributed by atoms with Gasteiger partial charge in [-0.3, -0.25) is 9.59 Å². The van der Waals surface area contributed by atoms with Crippen molar-refractivity contribution in [1.29, 1.82) is 0 Å². The molecule has 0 unspecified atom stereocenters. The highest BCUT2D eigenvalue weighted by molar-refractivity contribution is 6.05. The van der Waals surface area contributed by atoms with Crippen LogP contribution in [-0.4, -0.2) is 23.8 Å². The summed E-state index contributed by atoms with van der Waals surface area (Å²) in [5.74, 6) is -0.539. The lowest BCUT2D eigenvalue weighted by molar-refractivity contribution is -0.143. The van der Waals surface area contributed by atoms with Gasteiger partial charge in [-0.05, 0) is 27.9 Å². The molecule has 0 aromatic heterocycles. The lowest BCUT2D eigenvalue weighted by Gasteiger charge is -2.51. The van der Waals surface area contributed by atoms with Gasteiger partial charge in [-0.1, -0.05) is 62.3 Å². The zero-order chi connectivity index (χ0) is 18.0. The van der Waals surface area contributed by atoms with Crippen molar-refractivity contribution in [2.24, 2.45) is 28.1 Å². The highest BCUT2D eigenvalue weighted by Gasteiger charge is 2.64. The summed E-state index contributed by atoms with van der Waals surface area (Å²) in [6.07, 6.45) is 1.99. The molecule has 0 saturated carbocycles. The fraction of sp³-hybridized carbons (Fsp3) is 0.800. The van der Waals surface area contributed by atoms with E-state index in [2.05, 4.69) is 62.3 Å². The Morgan fingerprint density at radius 3 is 1.91 bits per heavy atom. The predicted octanol–water partition coefficient (Wildman–Crippen LogP) is 4.20. The smallest absolute Gasteiger partial charge is 0.165 e. The van der Waals surface area contributed by atoms with E-state index < -0.39 is 5.60 Å². The van der Waals surface area contributed by atoms with Gasteiger partial charge >= 0.3 is 0 Å². The zero-order valence-electron chi connectivity index (χ0n) is 16.2. The first-order chi connectivity index (χ1) is 10.1. The van der Waals surface area contributed by atoms with Gasteiger partial charge in [0.15, 0.2) is 11.6 Å². The molecule has 23 heavy (non-hydrogen) atoms. The third-order valence-corrected chi connectivity index (χ3v) is 5.42.